The van der Waals surface area contributed by atoms with Crippen molar-refractivity contribution in [3.8, 4) is 5.69 Å². The highest BCUT2D eigenvalue weighted by atomic mass is 16.2. The number of carbonyl (C=O) groups is 1. The van der Waals surface area contributed by atoms with Gasteiger partial charge < -0.3 is 10.2 Å². The van der Waals surface area contributed by atoms with Gasteiger partial charge in [0.2, 0.25) is 5.91 Å². The highest BCUT2D eigenvalue weighted by Crippen LogP contribution is 2.21. The van der Waals surface area contributed by atoms with E-state index in [-0.39, 0.29) is 5.91 Å². The van der Waals surface area contributed by atoms with Crippen LogP contribution in [0.1, 0.15) is 31.2 Å². The normalized spacial score (nSPS) is 15.5. The zero-order chi connectivity index (χ0) is 17.5. The van der Waals surface area contributed by atoms with E-state index >= 15 is 0 Å². The smallest absolute Gasteiger partial charge is 0.222 e. The first-order chi connectivity index (χ1) is 12.3. The van der Waals surface area contributed by atoms with Gasteiger partial charge in [-0.25, -0.2) is 4.68 Å². The molecule has 1 fully saturated rings. The van der Waals surface area contributed by atoms with Crippen LogP contribution in [0, 0.1) is 5.92 Å². The van der Waals surface area contributed by atoms with Crippen LogP contribution in [0.5, 0.6) is 0 Å². The number of rotatable bonds is 7. The van der Waals surface area contributed by atoms with Gasteiger partial charge in [0.1, 0.15) is 0 Å². The van der Waals surface area contributed by atoms with Crippen molar-refractivity contribution in [2.24, 2.45) is 5.92 Å². The molecule has 5 heteroatoms. The average Bonchev–Trinajstić information content (AvgIpc) is 3.14. The van der Waals surface area contributed by atoms with Crippen molar-refractivity contribution in [2.45, 2.75) is 32.1 Å². The molecule has 0 aliphatic carbocycles. The molecule has 1 N–H and O–H groups in total. The summed E-state index contributed by atoms with van der Waals surface area (Å²) in [6.07, 6.45) is 8.71. The summed E-state index contributed by atoms with van der Waals surface area (Å²) in [5.41, 5.74) is 2.16. The predicted octanol–water partition coefficient (Wildman–Crippen LogP) is 2.65. The van der Waals surface area contributed by atoms with Gasteiger partial charge >= 0.3 is 0 Å². The van der Waals surface area contributed by atoms with Gasteiger partial charge in [0.25, 0.3) is 0 Å². The summed E-state index contributed by atoms with van der Waals surface area (Å²) in [4.78, 5) is 14.5. The van der Waals surface area contributed by atoms with E-state index in [9.17, 15) is 4.79 Å². The van der Waals surface area contributed by atoms with E-state index in [2.05, 4.69) is 10.4 Å². The Labute approximate surface area is 150 Å². The van der Waals surface area contributed by atoms with Gasteiger partial charge in [-0.3, -0.25) is 4.79 Å². The van der Waals surface area contributed by atoms with Crippen LogP contribution in [0.4, 0.5) is 0 Å². The molecule has 0 radical (unpaired) electrons. The maximum Gasteiger partial charge on any atom is 0.222 e. The SMILES string of the molecule is CNCCC1CCN(C(=O)CCc2cnn(-c3ccccc3)c2)CC1. The molecule has 1 amide bonds. The highest BCUT2D eigenvalue weighted by Gasteiger charge is 2.22. The first-order valence-corrected chi connectivity index (χ1v) is 9.27. The van der Waals surface area contributed by atoms with Crippen LogP contribution in [0.3, 0.4) is 0 Å². The molecule has 25 heavy (non-hydrogen) atoms. The molecule has 2 aromatic rings. The lowest BCUT2D eigenvalue weighted by atomic mass is 9.93. The Bertz CT molecular complexity index is 659. The van der Waals surface area contributed by atoms with Gasteiger partial charge in [-0.15, -0.1) is 0 Å². The van der Waals surface area contributed by atoms with Crippen molar-refractivity contribution in [3.05, 3.63) is 48.3 Å². The number of aryl methyl sites for hydroxylation is 1. The Balaban J connectivity index is 1.45. The van der Waals surface area contributed by atoms with Crippen LogP contribution in [0.15, 0.2) is 42.7 Å². The summed E-state index contributed by atoms with van der Waals surface area (Å²) in [5, 5.41) is 7.61. The summed E-state index contributed by atoms with van der Waals surface area (Å²) in [6, 6.07) is 10.1. The quantitative estimate of drug-likeness (QED) is 0.843. The molecule has 3 rings (SSSR count). The van der Waals surface area contributed by atoms with Crippen LogP contribution in [-0.2, 0) is 11.2 Å². The van der Waals surface area contributed by atoms with E-state index < -0.39 is 0 Å². The molecule has 1 saturated heterocycles. The number of hydrogen-bond acceptors (Lipinski definition) is 3. The third-order valence-corrected chi connectivity index (χ3v) is 5.05. The van der Waals surface area contributed by atoms with E-state index in [1.54, 1.807) is 0 Å². The minimum Gasteiger partial charge on any atom is -0.343 e. The highest BCUT2D eigenvalue weighted by molar-refractivity contribution is 5.76. The van der Waals surface area contributed by atoms with Crippen LogP contribution < -0.4 is 5.32 Å². The lowest BCUT2D eigenvalue weighted by molar-refractivity contribution is -0.132. The molecular weight excluding hydrogens is 312 g/mol. The number of nitrogens with zero attached hydrogens (tertiary/aromatic N) is 3. The summed E-state index contributed by atoms with van der Waals surface area (Å²) in [7, 11) is 2.00. The van der Waals surface area contributed by atoms with Gasteiger partial charge in [-0.2, -0.15) is 5.10 Å². The molecule has 1 aromatic carbocycles. The zero-order valence-electron chi connectivity index (χ0n) is 15.0. The standard InChI is InChI=1S/C20H28N4O/c1-21-12-9-17-10-13-23(14-11-17)20(25)8-7-18-15-22-24(16-18)19-5-3-2-4-6-19/h2-6,15-17,21H,7-14H2,1H3. The summed E-state index contributed by atoms with van der Waals surface area (Å²) in [5.74, 6) is 1.04. The number of nitrogens with one attached hydrogen (secondary N) is 1. The second kappa shape index (κ2) is 8.81. The topological polar surface area (TPSA) is 50.2 Å². The first kappa shape index (κ1) is 17.7. The fourth-order valence-corrected chi connectivity index (χ4v) is 3.44. The number of likely N-dealkylation sites (tertiary alicyclic amines) is 1. The number of amides is 1. The Morgan fingerprint density at radius 1 is 1.24 bits per heavy atom. The third kappa shape index (κ3) is 4.92. The fourth-order valence-electron chi connectivity index (χ4n) is 3.44. The Kier molecular flexibility index (Phi) is 6.23. The predicted molar refractivity (Wildman–Crippen MR) is 99.7 cm³/mol. The Hall–Kier alpha value is -2.14. The van der Waals surface area contributed by atoms with Crippen molar-refractivity contribution in [1.29, 1.82) is 0 Å². The molecule has 0 atom stereocenters. The number of aromatic nitrogens is 2. The summed E-state index contributed by atoms with van der Waals surface area (Å²) in [6.45, 7) is 2.90. The van der Waals surface area contributed by atoms with Crippen molar-refractivity contribution in [2.75, 3.05) is 26.7 Å². The number of benzene rings is 1. The minimum absolute atomic E-state index is 0.277. The van der Waals surface area contributed by atoms with Crippen LogP contribution in [0.2, 0.25) is 0 Å². The van der Waals surface area contributed by atoms with Crippen molar-refractivity contribution in [3.63, 3.8) is 0 Å². The molecule has 1 aromatic heterocycles. The van der Waals surface area contributed by atoms with Crippen molar-refractivity contribution < 1.29 is 4.79 Å². The molecule has 2 heterocycles. The average molecular weight is 340 g/mol. The van der Waals surface area contributed by atoms with Gasteiger partial charge in [0, 0.05) is 25.7 Å². The lowest BCUT2D eigenvalue weighted by Gasteiger charge is -2.32. The maximum absolute atomic E-state index is 12.5. The number of hydrogen-bond donors (Lipinski definition) is 1. The Morgan fingerprint density at radius 2 is 2.00 bits per heavy atom. The van der Waals surface area contributed by atoms with E-state index in [0.717, 1.165) is 56.1 Å². The Morgan fingerprint density at radius 3 is 2.72 bits per heavy atom. The van der Waals surface area contributed by atoms with Gasteiger partial charge in [-0.1, -0.05) is 18.2 Å². The van der Waals surface area contributed by atoms with Gasteiger partial charge in [0.05, 0.1) is 11.9 Å². The second-order valence-electron chi connectivity index (χ2n) is 6.85. The molecule has 0 bridgehead atoms. The molecule has 5 nitrogen and oxygen atoms in total. The van der Waals surface area contributed by atoms with Crippen molar-refractivity contribution in [1.82, 2.24) is 20.0 Å². The van der Waals surface area contributed by atoms with Crippen LogP contribution in [0.25, 0.3) is 5.69 Å². The molecule has 0 spiro atoms. The van der Waals surface area contributed by atoms with E-state index in [0.29, 0.717) is 6.42 Å². The summed E-state index contributed by atoms with van der Waals surface area (Å²) < 4.78 is 1.87. The molecule has 134 valence electrons. The molecule has 1 aliphatic heterocycles. The number of carbonyl (C=O) groups excluding carboxylic acids is 1. The first-order valence-electron chi connectivity index (χ1n) is 9.27. The molecular formula is C20H28N4O. The molecule has 1 aliphatic rings. The van der Waals surface area contributed by atoms with Crippen LogP contribution in [-0.4, -0.2) is 47.3 Å². The van der Waals surface area contributed by atoms with Crippen LogP contribution >= 0.6 is 0 Å². The monoisotopic (exact) mass is 340 g/mol. The van der Waals surface area contributed by atoms with Gasteiger partial charge in [-0.05, 0) is 62.9 Å². The fraction of sp³-hybridized carbons (Fsp3) is 0.500. The maximum atomic E-state index is 12.5. The third-order valence-electron chi connectivity index (χ3n) is 5.05. The van der Waals surface area contributed by atoms with E-state index in [1.807, 2.05) is 59.4 Å². The number of piperidine rings is 1. The largest absolute Gasteiger partial charge is 0.343 e. The van der Waals surface area contributed by atoms with Gasteiger partial charge in [0.15, 0.2) is 0 Å². The molecule has 0 saturated carbocycles. The second-order valence-corrected chi connectivity index (χ2v) is 6.85. The number of para-hydroxylation sites is 1. The molecule has 0 unspecified atom stereocenters. The lowest BCUT2D eigenvalue weighted by Crippen LogP contribution is -2.39. The van der Waals surface area contributed by atoms with Crippen molar-refractivity contribution >= 4 is 5.91 Å². The summed E-state index contributed by atoms with van der Waals surface area (Å²) >= 11 is 0. The van der Waals surface area contributed by atoms with E-state index in [4.69, 9.17) is 0 Å². The zero-order valence-corrected chi connectivity index (χ0v) is 15.0. The minimum atomic E-state index is 0.277. The van der Waals surface area contributed by atoms with E-state index in [1.165, 1.54) is 6.42 Å².